The van der Waals surface area contributed by atoms with Gasteiger partial charge >= 0.3 is 0 Å². The van der Waals surface area contributed by atoms with Gasteiger partial charge in [-0.1, -0.05) is 30.3 Å². The van der Waals surface area contributed by atoms with Crippen LogP contribution in [0.2, 0.25) is 0 Å². The van der Waals surface area contributed by atoms with Gasteiger partial charge < -0.3 is 29.9 Å². The molecule has 19 heavy (non-hydrogen) atoms. The van der Waals surface area contributed by atoms with E-state index in [1.54, 1.807) is 0 Å². The molecule has 0 bridgehead atoms. The van der Waals surface area contributed by atoms with Crippen molar-refractivity contribution >= 4 is 0 Å². The average molecular weight is 270 g/mol. The van der Waals surface area contributed by atoms with Gasteiger partial charge in [0.1, 0.15) is 24.4 Å². The second-order valence-electron chi connectivity index (χ2n) is 4.49. The van der Waals surface area contributed by atoms with E-state index in [1.807, 2.05) is 30.3 Å². The molecule has 1 aliphatic heterocycles. The summed E-state index contributed by atoms with van der Waals surface area (Å²) >= 11 is 0. The third-order valence-electron chi connectivity index (χ3n) is 3.12. The lowest BCUT2D eigenvalue weighted by Crippen LogP contribution is -2.59. The van der Waals surface area contributed by atoms with E-state index in [0.717, 1.165) is 5.56 Å². The van der Waals surface area contributed by atoms with E-state index < -0.39 is 37.3 Å². The predicted octanol–water partition coefficient (Wildman–Crippen LogP) is -0.997. The van der Waals surface area contributed by atoms with Crippen LogP contribution in [0.25, 0.3) is 0 Å². The number of hydrogen-bond donors (Lipinski definition) is 4. The number of hydrogen-bond acceptors (Lipinski definition) is 6. The summed E-state index contributed by atoms with van der Waals surface area (Å²) in [4.78, 5) is 0. The highest BCUT2D eigenvalue weighted by molar-refractivity contribution is 5.13. The minimum Gasteiger partial charge on any atom is -0.394 e. The van der Waals surface area contributed by atoms with Crippen LogP contribution in [0.4, 0.5) is 0 Å². The maximum atomic E-state index is 9.86. The molecule has 1 aromatic rings. The van der Waals surface area contributed by atoms with Crippen LogP contribution >= 0.6 is 0 Å². The monoisotopic (exact) mass is 270 g/mol. The molecular weight excluding hydrogens is 252 g/mol. The first-order chi connectivity index (χ1) is 9.13. The molecule has 1 saturated heterocycles. The van der Waals surface area contributed by atoms with Crippen LogP contribution in [0.3, 0.4) is 0 Å². The Kier molecular flexibility index (Phi) is 4.87. The summed E-state index contributed by atoms with van der Waals surface area (Å²) in [6.07, 6.45) is -6.07. The van der Waals surface area contributed by atoms with Crippen molar-refractivity contribution in [1.29, 1.82) is 0 Å². The van der Waals surface area contributed by atoms with Crippen LogP contribution in [0.15, 0.2) is 30.3 Å². The van der Waals surface area contributed by atoms with Crippen molar-refractivity contribution in [1.82, 2.24) is 0 Å². The number of rotatable bonds is 4. The molecule has 1 aliphatic rings. The Bertz CT molecular complexity index is 382. The SMILES string of the molecule is OC[C@H]1OC(O)[C@H](O)[C@@H](O)[C@@H]1OCc1ccccc1. The quantitative estimate of drug-likeness (QED) is 0.560. The van der Waals surface area contributed by atoms with Crippen molar-refractivity contribution < 1.29 is 29.9 Å². The largest absolute Gasteiger partial charge is 0.394 e. The standard InChI is InChI=1S/C13H18O6/c14-6-9-12(10(15)11(16)13(17)19-9)18-7-8-4-2-1-3-5-8/h1-5,9-17H,6-7H2/t9-,10-,11-,12-,13?/m1/s1. The molecule has 0 saturated carbocycles. The molecule has 0 spiro atoms. The van der Waals surface area contributed by atoms with Crippen molar-refractivity contribution in [2.75, 3.05) is 6.61 Å². The molecule has 0 radical (unpaired) electrons. The Balaban J connectivity index is 2.00. The van der Waals surface area contributed by atoms with Gasteiger partial charge in [0.05, 0.1) is 13.2 Å². The Morgan fingerprint density at radius 3 is 2.37 bits per heavy atom. The zero-order valence-electron chi connectivity index (χ0n) is 10.3. The number of ether oxygens (including phenoxy) is 2. The maximum Gasteiger partial charge on any atom is 0.184 e. The number of aliphatic hydroxyl groups excluding tert-OH is 4. The molecule has 1 aromatic carbocycles. The predicted molar refractivity (Wildman–Crippen MR) is 65.0 cm³/mol. The molecule has 1 unspecified atom stereocenters. The third kappa shape index (κ3) is 3.30. The second kappa shape index (κ2) is 6.42. The summed E-state index contributed by atoms with van der Waals surface area (Å²) in [6.45, 7) is -0.203. The highest BCUT2D eigenvalue weighted by atomic mass is 16.6. The highest BCUT2D eigenvalue weighted by Gasteiger charge is 2.44. The molecular formula is C13H18O6. The average Bonchev–Trinajstić information content (AvgIpc) is 2.44. The van der Waals surface area contributed by atoms with Crippen molar-refractivity contribution in [3.8, 4) is 0 Å². The van der Waals surface area contributed by atoms with Gasteiger partial charge in [-0.25, -0.2) is 0 Å². The Morgan fingerprint density at radius 1 is 1.05 bits per heavy atom. The van der Waals surface area contributed by atoms with Gasteiger partial charge in [-0.15, -0.1) is 0 Å². The van der Waals surface area contributed by atoms with Crippen LogP contribution in [-0.2, 0) is 16.1 Å². The molecule has 1 heterocycles. The van der Waals surface area contributed by atoms with E-state index >= 15 is 0 Å². The lowest BCUT2D eigenvalue weighted by molar-refractivity contribution is -0.295. The Hall–Kier alpha value is -1.02. The fourth-order valence-corrected chi connectivity index (χ4v) is 2.04. The van der Waals surface area contributed by atoms with Gasteiger partial charge in [0, 0.05) is 0 Å². The van der Waals surface area contributed by atoms with Crippen LogP contribution < -0.4 is 0 Å². The molecule has 0 aliphatic carbocycles. The fraction of sp³-hybridized carbons (Fsp3) is 0.538. The van der Waals surface area contributed by atoms with Gasteiger partial charge in [-0.05, 0) is 5.56 Å². The van der Waals surface area contributed by atoms with E-state index in [4.69, 9.17) is 9.47 Å². The third-order valence-corrected chi connectivity index (χ3v) is 3.12. The molecule has 0 amide bonds. The molecule has 5 atom stereocenters. The van der Waals surface area contributed by atoms with E-state index in [9.17, 15) is 20.4 Å². The van der Waals surface area contributed by atoms with Gasteiger partial charge in [0.2, 0.25) is 0 Å². The smallest absolute Gasteiger partial charge is 0.184 e. The molecule has 2 rings (SSSR count). The minimum absolute atomic E-state index is 0.214. The van der Waals surface area contributed by atoms with Crippen LogP contribution in [0.1, 0.15) is 5.56 Å². The Morgan fingerprint density at radius 2 is 1.74 bits per heavy atom. The summed E-state index contributed by atoms with van der Waals surface area (Å²) in [6, 6.07) is 9.30. The van der Waals surface area contributed by atoms with E-state index in [1.165, 1.54) is 0 Å². The normalized spacial score (nSPS) is 35.3. The fourth-order valence-electron chi connectivity index (χ4n) is 2.04. The van der Waals surface area contributed by atoms with Crippen LogP contribution in [0.5, 0.6) is 0 Å². The maximum absolute atomic E-state index is 9.86. The highest BCUT2D eigenvalue weighted by Crippen LogP contribution is 2.23. The van der Waals surface area contributed by atoms with Gasteiger partial charge in [0.15, 0.2) is 6.29 Å². The molecule has 0 aromatic heterocycles. The first-order valence-electron chi connectivity index (χ1n) is 6.09. The van der Waals surface area contributed by atoms with Crippen molar-refractivity contribution in [3.63, 3.8) is 0 Å². The minimum atomic E-state index is -1.52. The van der Waals surface area contributed by atoms with E-state index in [2.05, 4.69) is 0 Å². The molecule has 106 valence electrons. The van der Waals surface area contributed by atoms with Crippen molar-refractivity contribution in [2.45, 2.75) is 37.3 Å². The van der Waals surface area contributed by atoms with Crippen molar-refractivity contribution in [2.24, 2.45) is 0 Å². The van der Waals surface area contributed by atoms with Gasteiger partial charge in [0.25, 0.3) is 0 Å². The van der Waals surface area contributed by atoms with Crippen LogP contribution in [-0.4, -0.2) is 57.7 Å². The Labute approximate surface area is 110 Å². The summed E-state index contributed by atoms with van der Waals surface area (Å²) in [7, 11) is 0. The van der Waals surface area contributed by atoms with E-state index in [-0.39, 0.29) is 6.61 Å². The molecule has 4 N–H and O–H groups in total. The zero-order chi connectivity index (χ0) is 13.8. The zero-order valence-corrected chi connectivity index (χ0v) is 10.3. The van der Waals surface area contributed by atoms with Gasteiger partial charge in [-0.2, -0.15) is 0 Å². The lowest BCUT2D eigenvalue weighted by Gasteiger charge is -2.39. The van der Waals surface area contributed by atoms with Gasteiger partial charge in [-0.3, -0.25) is 0 Å². The lowest BCUT2D eigenvalue weighted by atomic mass is 9.99. The summed E-state index contributed by atoms with van der Waals surface area (Å²) in [5.74, 6) is 0. The first-order valence-corrected chi connectivity index (χ1v) is 6.09. The van der Waals surface area contributed by atoms with E-state index in [0.29, 0.717) is 0 Å². The molecule has 6 heteroatoms. The summed E-state index contributed by atoms with van der Waals surface area (Å²) in [5.41, 5.74) is 0.895. The number of aliphatic hydroxyl groups is 4. The first kappa shape index (κ1) is 14.4. The second-order valence-corrected chi connectivity index (χ2v) is 4.49. The molecule has 1 fully saturated rings. The summed E-state index contributed by atoms with van der Waals surface area (Å²) in [5, 5.41) is 37.9. The molecule has 6 nitrogen and oxygen atoms in total. The van der Waals surface area contributed by atoms with Crippen molar-refractivity contribution in [3.05, 3.63) is 35.9 Å². The van der Waals surface area contributed by atoms with Crippen LogP contribution in [0, 0.1) is 0 Å². The number of benzene rings is 1. The summed E-state index contributed by atoms with van der Waals surface area (Å²) < 4.78 is 10.5. The topological polar surface area (TPSA) is 99.4 Å².